The Kier molecular flexibility index (Phi) is 3.93. The van der Waals surface area contributed by atoms with Crippen LogP contribution in [0.4, 0.5) is 4.39 Å². The highest BCUT2D eigenvalue weighted by Crippen LogP contribution is 2.16. The van der Waals surface area contributed by atoms with Crippen LogP contribution in [0.15, 0.2) is 18.2 Å². The fourth-order valence-electron chi connectivity index (χ4n) is 1.66. The maximum Gasteiger partial charge on any atom is 0.123 e. The van der Waals surface area contributed by atoms with Crippen LogP contribution in [0.25, 0.3) is 0 Å². The van der Waals surface area contributed by atoms with Crippen LogP contribution in [0.5, 0.6) is 0 Å². The van der Waals surface area contributed by atoms with Gasteiger partial charge in [-0.05, 0) is 46.4 Å². The first-order chi connectivity index (χ1) is 7.25. The number of benzene rings is 1. The van der Waals surface area contributed by atoms with Gasteiger partial charge in [0.1, 0.15) is 5.82 Å². The van der Waals surface area contributed by atoms with Gasteiger partial charge >= 0.3 is 0 Å². The highest BCUT2D eigenvalue weighted by molar-refractivity contribution is 14.1. The number of hydrogen-bond acceptors (Lipinski definition) is 2. The van der Waals surface area contributed by atoms with Gasteiger partial charge in [-0.2, -0.15) is 0 Å². The Balaban J connectivity index is 2.05. The Morgan fingerprint density at radius 3 is 2.80 bits per heavy atom. The Bertz CT molecular complexity index is 339. The lowest BCUT2D eigenvalue weighted by Crippen LogP contribution is -2.35. The largest absolute Gasteiger partial charge is 0.379 e. The average Bonchev–Trinajstić information content (AvgIpc) is 2.25. The normalized spacial score (nSPS) is 18.0. The Hall–Kier alpha value is -0.200. The van der Waals surface area contributed by atoms with E-state index in [-0.39, 0.29) is 5.82 Å². The molecule has 1 aliphatic rings. The molecule has 0 amide bonds. The number of ether oxygens (including phenoxy) is 1. The second kappa shape index (κ2) is 5.23. The van der Waals surface area contributed by atoms with Crippen LogP contribution in [-0.2, 0) is 11.3 Å². The third-order valence-electron chi connectivity index (χ3n) is 2.51. The molecule has 0 radical (unpaired) electrons. The summed E-state index contributed by atoms with van der Waals surface area (Å²) < 4.78 is 19.5. The molecule has 1 aliphatic heterocycles. The van der Waals surface area contributed by atoms with Gasteiger partial charge in [-0.15, -0.1) is 0 Å². The molecule has 0 aliphatic carbocycles. The molecule has 82 valence electrons. The van der Waals surface area contributed by atoms with Crippen molar-refractivity contribution in [3.63, 3.8) is 0 Å². The molecular weight excluding hydrogens is 308 g/mol. The molecule has 0 aromatic heterocycles. The van der Waals surface area contributed by atoms with E-state index in [2.05, 4.69) is 27.5 Å². The minimum Gasteiger partial charge on any atom is -0.379 e. The van der Waals surface area contributed by atoms with E-state index in [1.807, 2.05) is 6.07 Å². The summed E-state index contributed by atoms with van der Waals surface area (Å²) in [4.78, 5) is 2.29. The lowest BCUT2D eigenvalue weighted by Gasteiger charge is -2.26. The fourth-order valence-corrected chi connectivity index (χ4v) is 2.17. The summed E-state index contributed by atoms with van der Waals surface area (Å²) in [6.07, 6.45) is 0. The number of rotatable bonds is 2. The first-order valence-corrected chi connectivity index (χ1v) is 6.07. The molecule has 0 N–H and O–H groups in total. The van der Waals surface area contributed by atoms with Crippen molar-refractivity contribution in [3.8, 4) is 0 Å². The standard InChI is InChI=1S/C11H13FINO/c12-10-1-2-11(13)9(7-10)8-14-3-5-15-6-4-14/h1-2,7H,3-6,8H2. The van der Waals surface area contributed by atoms with Crippen molar-refractivity contribution in [2.24, 2.45) is 0 Å². The molecular formula is C11H13FINO. The molecule has 0 atom stereocenters. The van der Waals surface area contributed by atoms with Gasteiger partial charge in [-0.3, -0.25) is 4.90 Å². The quantitative estimate of drug-likeness (QED) is 0.775. The fraction of sp³-hybridized carbons (Fsp3) is 0.455. The van der Waals surface area contributed by atoms with Crippen molar-refractivity contribution in [2.45, 2.75) is 6.54 Å². The van der Waals surface area contributed by atoms with E-state index in [4.69, 9.17) is 4.74 Å². The molecule has 1 fully saturated rings. The van der Waals surface area contributed by atoms with Crippen LogP contribution in [0.3, 0.4) is 0 Å². The topological polar surface area (TPSA) is 12.5 Å². The maximum atomic E-state index is 13.1. The van der Waals surface area contributed by atoms with E-state index in [0.717, 1.165) is 42.0 Å². The van der Waals surface area contributed by atoms with Crippen molar-refractivity contribution < 1.29 is 9.13 Å². The summed E-state index contributed by atoms with van der Waals surface area (Å²) in [6.45, 7) is 4.26. The Labute approximate surface area is 103 Å². The monoisotopic (exact) mass is 321 g/mol. The molecule has 15 heavy (non-hydrogen) atoms. The summed E-state index contributed by atoms with van der Waals surface area (Å²) in [5.74, 6) is -0.154. The first kappa shape index (κ1) is 11.3. The second-order valence-corrected chi connectivity index (χ2v) is 4.79. The molecule has 1 saturated heterocycles. The van der Waals surface area contributed by atoms with Gasteiger partial charge in [0.2, 0.25) is 0 Å². The molecule has 2 nitrogen and oxygen atoms in total. The van der Waals surface area contributed by atoms with Gasteiger partial charge in [0.15, 0.2) is 0 Å². The molecule has 0 bridgehead atoms. The first-order valence-electron chi connectivity index (χ1n) is 5.00. The number of halogens is 2. The lowest BCUT2D eigenvalue weighted by atomic mass is 10.2. The number of morpholine rings is 1. The third kappa shape index (κ3) is 3.12. The average molecular weight is 321 g/mol. The van der Waals surface area contributed by atoms with Gasteiger partial charge in [-0.25, -0.2) is 4.39 Å². The summed E-state index contributed by atoms with van der Waals surface area (Å²) >= 11 is 2.25. The van der Waals surface area contributed by atoms with Gasteiger partial charge < -0.3 is 4.74 Å². The molecule has 2 rings (SSSR count). The second-order valence-electron chi connectivity index (χ2n) is 3.62. The van der Waals surface area contributed by atoms with Crippen LogP contribution in [0.1, 0.15) is 5.56 Å². The Morgan fingerprint density at radius 2 is 2.07 bits per heavy atom. The van der Waals surface area contributed by atoms with E-state index in [1.54, 1.807) is 6.07 Å². The van der Waals surface area contributed by atoms with E-state index < -0.39 is 0 Å². The van der Waals surface area contributed by atoms with Crippen LogP contribution < -0.4 is 0 Å². The third-order valence-corrected chi connectivity index (χ3v) is 3.56. The molecule has 1 heterocycles. The lowest BCUT2D eigenvalue weighted by molar-refractivity contribution is 0.0340. The Morgan fingerprint density at radius 1 is 1.33 bits per heavy atom. The van der Waals surface area contributed by atoms with Crippen molar-refractivity contribution in [2.75, 3.05) is 26.3 Å². The van der Waals surface area contributed by atoms with Crippen molar-refractivity contribution in [1.82, 2.24) is 4.90 Å². The molecule has 1 aromatic rings. The molecule has 1 aromatic carbocycles. The predicted octanol–water partition coefficient (Wildman–Crippen LogP) is 2.26. The smallest absolute Gasteiger partial charge is 0.123 e. The zero-order valence-corrected chi connectivity index (χ0v) is 10.5. The summed E-state index contributed by atoms with van der Waals surface area (Å²) in [5.41, 5.74) is 1.07. The van der Waals surface area contributed by atoms with Crippen molar-refractivity contribution in [3.05, 3.63) is 33.1 Å². The minimum absolute atomic E-state index is 0.154. The zero-order valence-electron chi connectivity index (χ0n) is 8.38. The van der Waals surface area contributed by atoms with Crippen LogP contribution in [0, 0.1) is 9.39 Å². The maximum absolute atomic E-state index is 13.1. The number of nitrogens with zero attached hydrogens (tertiary/aromatic N) is 1. The van der Waals surface area contributed by atoms with Crippen molar-refractivity contribution >= 4 is 22.6 Å². The van der Waals surface area contributed by atoms with Gasteiger partial charge in [0.05, 0.1) is 13.2 Å². The van der Waals surface area contributed by atoms with Gasteiger partial charge in [-0.1, -0.05) is 0 Å². The molecule has 0 spiro atoms. The highest BCUT2D eigenvalue weighted by Gasteiger charge is 2.12. The van der Waals surface area contributed by atoms with Crippen LogP contribution >= 0.6 is 22.6 Å². The SMILES string of the molecule is Fc1ccc(I)c(CN2CCOCC2)c1. The molecule has 0 unspecified atom stereocenters. The summed E-state index contributed by atoms with van der Waals surface area (Å²) in [6, 6.07) is 4.95. The van der Waals surface area contributed by atoms with E-state index in [0.29, 0.717) is 0 Å². The van der Waals surface area contributed by atoms with Gasteiger partial charge in [0, 0.05) is 23.2 Å². The van der Waals surface area contributed by atoms with Crippen molar-refractivity contribution in [1.29, 1.82) is 0 Å². The minimum atomic E-state index is -0.154. The number of hydrogen-bond donors (Lipinski definition) is 0. The van der Waals surface area contributed by atoms with E-state index in [1.165, 1.54) is 6.07 Å². The van der Waals surface area contributed by atoms with E-state index in [9.17, 15) is 4.39 Å². The summed E-state index contributed by atoms with van der Waals surface area (Å²) in [7, 11) is 0. The molecule has 0 saturated carbocycles. The zero-order chi connectivity index (χ0) is 10.7. The predicted molar refractivity (Wildman–Crippen MR) is 65.2 cm³/mol. The van der Waals surface area contributed by atoms with E-state index >= 15 is 0 Å². The van der Waals surface area contributed by atoms with Gasteiger partial charge in [0.25, 0.3) is 0 Å². The molecule has 4 heteroatoms. The highest BCUT2D eigenvalue weighted by atomic mass is 127. The van der Waals surface area contributed by atoms with Crippen LogP contribution in [-0.4, -0.2) is 31.2 Å². The van der Waals surface area contributed by atoms with Crippen LogP contribution in [0.2, 0.25) is 0 Å². The summed E-state index contributed by atoms with van der Waals surface area (Å²) in [5, 5.41) is 0.